The van der Waals surface area contributed by atoms with E-state index in [4.69, 9.17) is 0 Å². The monoisotopic (exact) mass is 494 g/mol. The number of rotatable bonds is 13. The highest BCUT2D eigenvalue weighted by molar-refractivity contribution is 9.11. The van der Waals surface area contributed by atoms with E-state index in [0.29, 0.717) is 0 Å². The molecule has 0 N–H and O–H groups in total. The van der Waals surface area contributed by atoms with Crippen LogP contribution in [0.15, 0.2) is 39.5 Å². The maximum Gasteiger partial charge on any atom is 0.0705 e. The van der Waals surface area contributed by atoms with Crippen LogP contribution in [0.3, 0.4) is 0 Å². The summed E-state index contributed by atoms with van der Waals surface area (Å²) < 4.78 is 1.21. The van der Waals surface area contributed by atoms with Crippen LogP contribution in [0.4, 0.5) is 0 Å². The van der Waals surface area contributed by atoms with Crippen molar-refractivity contribution in [3.63, 3.8) is 0 Å². The van der Waals surface area contributed by atoms with Gasteiger partial charge < -0.3 is 0 Å². The summed E-state index contributed by atoms with van der Waals surface area (Å²) in [5.74, 6) is 0. The second kappa shape index (κ2) is 12.3. The molecular weight excluding hydrogens is 464 g/mol. The van der Waals surface area contributed by atoms with E-state index in [1.165, 1.54) is 93.9 Å². The molecule has 0 spiro atoms. The van der Waals surface area contributed by atoms with Gasteiger partial charge in [0.25, 0.3) is 0 Å². The van der Waals surface area contributed by atoms with E-state index in [0.717, 1.165) is 0 Å². The van der Waals surface area contributed by atoms with Crippen molar-refractivity contribution in [3.8, 4) is 19.5 Å². The maximum absolute atomic E-state index is 3.61. The minimum absolute atomic E-state index is 1.21. The Morgan fingerprint density at radius 3 is 2.07 bits per heavy atom. The summed E-state index contributed by atoms with van der Waals surface area (Å²) in [6.07, 6.45) is 15.2. The molecule has 3 rings (SSSR count). The lowest BCUT2D eigenvalue weighted by Gasteiger charge is -2.03. The Balaban J connectivity index is 1.48. The molecule has 0 aromatic carbocycles. The molecule has 0 saturated heterocycles. The molecule has 4 heteroatoms. The van der Waals surface area contributed by atoms with E-state index in [2.05, 4.69) is 58.6 Å². The molecule has 0 atom stereocenters. The third kappa shape index (κ3) is 6.83. The number of hydrogen-bond acceptors (Lipinski definition) is 3. The normalized spacial score (nSPS) is 11.4. The SMILES string of the molecule is CCCCCCCCCCCCc1cc(-c2ccc(Br)s2)sc1-c1cccs1. The predicted octanol–water partition coefficient (Wildman–Crippen LogP) is 10.4. The summed E-state index contributed by atoms with van der Waals surface area (Å²) in [6.45, 7) is 2.29. The number of aryl methyl sites for hydroxylation is 1. The Morgan fingerprint density at radius 2 is 1.46 bits per heavy atom. The first kappa shape index (κ1) is 22.3. The standard InChI is InChI=1S/C24H31BrS3/c1-2-3-4-5-6-7-8-9-10-11-13-19-18-22(20-15-16-23(25)27-20)28-24(19)21-14-12-17-26-21/h12,14-18H,2-11,13H2,1H3. The fourth-order valence-electron chi connectivity index (χ4n) is 3.60. The molecule has 0 saturated carbocycles. The molecule has 0 unspecified atom stereocenters. The van der Waals surface area contributed by atoms with Gasteiger partial charge in [0.2, 0.25) is 0 Å². The lowest BCUT2D eigenvalue weighted by molar-refractivity contribution is 0.556. The minimum atomic E-state index is 1.21. The number of hydrogen-bond donors (Lipinski definition) is 0. The molecular formula is C24H31BrS3. The second-order valence-electron chi connectivity index (χ2n) is 7.48. The summed E-state index contributed by atoms with van der Waals surface area (Å²) in [6, 6.07) is 11.3. The Labute approximate surface area is 191 Å². The molecule has 0 aliphatic rings. The third-order valence-electron chi connectivity index (χ3n) is 5.17. The zero-order valence-electron chi connectivity index (χ0n) is 16.8. The van der Waals surface area contributed by atoms with Crippen LogP contribution < -0.4 is 0 Å². The van der Waals surface area contributed by atoms with E-state index in [9.17, 15) is 0 Å². The van der Waals surface area contributed by atoms with Crippen molar-refractivity contribution in [2.24, 2.45) is 0 Å². The van der Waals surface area contributed by atoms with Crippen molar-refractivity contribution in [1.82, 2.24) is 0 Å². The quantitative estimate of drug-likeness (QED) is 0.207. The van der Waals surface area contributed by atoms with Crippen LogP contribution in [0.2, 0.25) is 0 Å². The first-order chi connectivity index (χ1) is 13.8. The fraction of sp³-hybridized carbons (Fsp3) is 0.500. The van der Waals surface area contributed by atoms with Crippen LogP contribution in [0.1, 0.15) is 76.7 Å². The van der Waals surface area contributed by atoms with E-state index in [1.54, 1.807) is 5.56 Å². The molecule has 3 aromatic rings. The predicted molar refractivity (Wildman–Crippen MR) is 134 cm³/mol. The largest absolute Gasteiger partial charge is 0.143 e. The van der Waals surface area contributed by atoms with Crippen molar-refractivity contribution in [2.45, 2.75) is 77.6 Å². The van der Waals surface area contributed by atoms with Gasteiger partial charge >= 0.3 is 0 Å². The lowest BCUT2D eigenvalue weighted by Crippen LogP contribution is -1.86. The van der Waals surface area contributed by atoms with Crippen LogP contribution in [-0.2, 0) is 6.42 Å². The maximum atomic E-state index is 3.61. The third-order valence-corrected chi connectivity index (χ3v) is 9.22. The van der Waals surface area contributed by atoms with Crippen LogP contribution in [0.25, 0.3) is 19.5 Å². The van der Waals surface area contributed by atoms with Crippen molar-refractivity contribution in [3.05, 3.63) is 45.1 Å². The van der Waals surface area contributed by atoms with Gasteiger partial charge in [-0.1, -0.05) is 70.8 Å². The van der Waals surface area contributed by atoms with Gasteiger partial charge in [0.1, 0.15) is 0 Å². The van der Waals surface area contributed by atoms with Crippen molar-refractivity contribution >= 4 is 49.9 Å². The fourth-order valence-corrected chi connectivity index (χ4v) is 7.17. The Hall–Kier alpha value is -0.420. The molecule has 28 heavy (non-hydrogen) atoms. The van der Waals surface area contributed by atoms with Crippen molar-refractivity contribution in [2.75, 3.05) is 0 Å². The average molecular weight is 496 g/mol. The smallest absolute Gasteiger partial charge is 0.0705 e. The number of unbranched alkanes of at least 4 members (excludes halogenated alkanes) is 9. The molecule has 0 aliphatic carbocycles. The molecule has 0 aliphatic heterocycles. The van der Waals surface area contributed by atoms with Gasteiger partial charge in [-0.3, -0.25) is 0 Å². The van der Waals surface area contributed by atoms with Gasteiger partial charge in [0, 0.05) is 19.5 Å². The molecule has 0 bridgehead atoms. The first-order valence-corrected chi connectivity index (χ1v) is 14.0. The van der Waals surface area contributed by atoms with E-state index >= 15 is 0 Å². The van der Waals surface area contributed by atoms with Crippen LogP contribution in [0, 0.1) is 0 Å². The highest BCUT2D eigenvalue weighted by atomic mass is 79.9. The van der Waals surface area contributed by atoms with Gasteiger partial charge in [-0.15, -0.1) is 34.0 Å². The second-order valence-corrected chi connectivity index (χ2v) is 11.9. The van der Waals surface area contributed by atoms with E-state index in [1.807, 2.05) is 34.0 Å². The van der Waals surface area contributed by atoms with E-state index in [-0.39, 0.29) is 0 Å². The Bertz CT molecular complexity index is 798. The summed E-state index contributed by atoms with van der Waals surface area (Å²) in [4.78, 5) is 5.71. The molecule has 152 valence electrons. The number of halogens is 1. The molecule has 0 fully saturated rings. The van der Waals surface area contributed by atoms with Gasteiger partial charge in [-0.2, -0.15) is 0 Å². The molecule has 3 aromatic heterocycles. The topological polar surface area (TPSA) is 0 Å². The summed E-state index contributed by atoms with van der Waals surface area (Å²) in [5.41, 5.74) is 1.55. The first-order valence-electron chi connectivity index (χ1n) is 10.7. The summed E-state index contributed by atoms with van der Waals surface area (Å²) in [7, 11) is 0. The Kier molecular flexibility index (Phi) is 9.79. The molecule has 0 amide bonds. The molecule has 0 radical (unpaired) electrons. The lowest BCUT2D eigenvalue weighted by atomic mass is 10.0. The molecule has 3 heterocycles. The van der Waals surface area contributed by atoms with Crippen LogP contribution in [0.5, 0.6) is 0 Å². The summed E-state index contributed by atoms with van der Waals surface area (Å²) >= 11 is 9.27. The highest BCUT2D eigenvalue weighted by Gasteiger charge is 2.14. The van der Waals surface area contributed by atoms with E-state index < -0.39 is 0 Å². The van der Waals surface area contributed by atoms with Crippen molar-refractivity contribution < 1.29 is 0 Å². The van der Waals surface area contributed by atoms with Crippen molar-refractivity contribution in [1.29, 1.82) is 0 Å². The van der Waals surface area contributed by atoms with Gasteiger partial charge in [-0.05, 0) is 64.0 Å². The Morgan fingerprint density at radius 1 is 0.750 bits per heavy atom. The number of thiophene rings is 3. The summed E-state index contributed by atoms with van der Waals surface area (Å²) in [5, 5.41) is 2.20. The average Bonchev–Trinajstić information content (AvgIpc) is 3.43. The molecule has 0 nitrogen and oxygen atoms in total. The zero-order valence-corrected chi connectivity index (χ0v) is 20.9. The minimum Gasteiger partial charge on any atom is -0.143 e. The van der Waals surface area contributed by atoms with Gasteiger partial charge in [0.15, 0.2) is 0 Å². The van der Waals surface area contributed by atoms with Gasteiger partial charge in [0.05, 0.1) is 3.79 Å². The highest BCUT2D eigenvalue weighted by Crippen LogP contribution is 2.43. The van der Waals surface area contributed by atoms with Crippen LogP contribution >= 0.6 is 49.9 Å². The zero-order chi connectivity index (χ0) is 19.6. The van der Waals surface area contributed by atoms with Gasteiger partial charge in [-0.25, -0.2) is 0 Å². The van der Waals surface area contributed by atoms with Crippen LogP contribution in [-0.4, -0.2) is 0 Å².